The van der Waals surface area contributed by atoms with E-state index in [0.29, 0.717) is 22.1 Å². The summed E-state index contributed by atoms with van der Waals surface area (Å²) in [5, 5.41) is 7.58. The van der Waals surface area contributed by atoms with Gasteiger partial charge in [-0.3, -0.25) is 9.59 Å². The number of amides is 2. The molecule has 0 aliphatic rings. The first-order chi connectivity index (χ1) is 13.5. The summed E-state index contributed by atoms with van der Waals surface area (Å²) in [7, 11) is 0. The number of hydrogen-bond acceptors (Lipinski definition) is 6. The van der Waals surface area contributed by atoms with Crippen LogP contribution >= 0.6 is 11.3 Å². The third kappa shape index (κ3) is 3.42. The van der Waals surface area contributed by atoms with Gasteiger partial charge in [-0.15, -0.1) is 11.3 Å². The van der Waals surface area contributed by atoms with Crippen LogP contribution in [0.2, 0.25) is 0 Å². The maximum atomic E-state index is 12.6. The molecule has 0 bridgehead atoms. The minimum absolute atomic E-state index is 0.184. The molecule has 0 unspecified atom stereocenters. The molecule has 28 heavy (non-hydrogen) atoms. The molecule has 1 aromatic carbocycles. The number of thiazole rings is 1. The van der Waals surface area contributed by atoms with Gasteiger partial charge in [0.1, 0.15) is 11.4 Å². The summed E-state index contributed by atoms with van der Waals surface area (Å²) in [4.78, 5) is 28.9. The van der Waals surface area contributed by atoms with Gasteiger partial charge < -0.3 is 15.5 Å². The quantitative estimate of drug-likeness (QED) is 0.540. The molecule has 4 aromatic rings. The van der Waals surface area contributed by atoms with Crippen molar-refractivity contribution in [1.82, 2.24) is 14.8 Å². The number of furan rings is 1. The Morgan fingerprint density at radius 3 is 2.61 bits per heavy atom. The van der Waals surface area contributed by atoms with E-state index in [1.54, 1.807) is 54.9 Å². The number of aromatic nitrogens is 3. The molecule has 0 saturated heterocycles. The molecule has 4 rings (SSSR count). The second kappa shape index (κ2) is 7.12. The van der Waals surface area contributed by atoms with E-state index >= 15 is 0 Å². The highest BCUT2D eigenvalue weighted by Gasteiger charge is 2.17. The zero-order valence-corrected chi connectivity index (χ0v) is 15.6. The van der Waals surface area contributed by atoms with Gasteiger partial charge in [0.15, 0.2) is 10.8 Å². The predicted octanol–water partition coefficient (Wildman–Crippen LogP) is 3.25. The predicted molar refractivity (Wildman–Crippen MR) is 105 cm³/mol. The summed E-state index contributed by atoms with van der Waals surface area (Å²) in [5.41, 5.74) is 7.10. The van der Waals surface area contributed by atoms with Gasteiger partial charge in [-0.25, -0.2) is 9.67 Å². The summed E-state index contributed by atoms with van der Waals surface area (Å²) >= 11 is 1.40. The maximum Gasteiger partial charge on any atom is 0.275 e. The molecule has 0 aliphatic carbocycles. The van der Waals surface area contributed by atoms with Crippen molar-refractivity contribution in [1.29, 1.82) is 0 Å². The molecule has 0 fully saturated rings. The standard InChI is InChI=1S/C19H15N5O3S/c1-11-16(22-19(28-11)15-3-2-10-27-15)18(26)21-12-4-6-13(7-5-12)24-9-8-14(23-24)17(20)25/h2-10H,1H3,(H2,20,25)(H,21,26). The number of hydrogen-bond donors (Lipinski definition) is 2. The van der Waals surface area contributed by atoms with Crippen LogP contribution in [0.25, 0.3) is 16.5 Å². The highest BCUT2D eigenvalue weighted by atomic mass is 32.1. The minimum Gasteiger partial charge on any atom is -0.462 e. The van der Waals surface area contributed by atoms with E-state index in [9.17, 15) is 9.59 Å². The fourth-order valence-corrected chi connectivity index (χ4v) is 3.48. The van der Waals surface area contributed by atoms with E-state index in [-0.39, 0.29) is 11.6 Å². The highest BCUT2D eigenvalue weighted by molar-refractivity contribution is 7.15. The van der Waals surface area contributed by atoms with Gasteiger partial charge in [-0.2, -0.15) is 5.10 Å². The minimum atomic E-state index is -0.588. The summed E-state index contributed by atoms with van der Waals surface area (Å²) in [6, 6.07) is 12.2. The molecular formula is C19H15N5O3S. The number of rotatable bonds is 5. The van der Waals surface area contributed by atoms with Crippen molar-refractivity contribution in [2.24, 2.45) is 5.73 Å². The van der Waals surface area contributed by atoms with Crippen molar-refractivity contribution in [3.63, 3.8) is 0 Å². The van der Waals surface area contributed by atoms with E-state index in [0.717, 1.165) is 10.6 Å². The molecule has 0 spiro atoms. The number of nitrogens with two attached hydrogens (primary N) is 1. The summed E-state index contributed by atoms with van der Waals surface area (Å²) in [6.45, 7) is 1.84. The van der Waals surface area contributed by atoms with Crippen LogP contribution in [0.5, 0.6) is 0 Å². The van der Waals surface area contributed by atoms with E-state index in [1.165, 1.54) is 16.0 Å². The van der Waals surface area contributed by atoms with Crippen LogP contribution in [-0.4, -0.2) is 26.6 Å². The number of anilines is 1. The van der Waals surface area contributed by atoms with E-state index in [4.69, 9.17) is 10.2 Å². The maximum absolute atomic E-state index is 12.6. The first-order valence-corrected chi connectivity index (χ1v) is 9.11. The number of benzene rings is 1. The van der Waals surface area contributed by atoms with Gasteiger partial charge in [-0.05, 0) is 49.4 Å². The molecule has 0 radical (unpaired) electrons. The summed E-state index contributed by atoms with van der Waals surface area (Å²) in [5.74, 6) is -0.254. The monoisotopic (exact) mass is 393 g/mol. The largest absolute Gasteiger partial charge is 0.462 e. The normalized spacial score (nSPS) is 10.8. The van der Waals surface area contributed by atoms with Crippen molar-refractivity contribution in [3.05, 3.63) is 71.2 Å². The van der Waals surface area contributed by atoms with Crippen molar-refractivity contribution in [2.75, 3.05) is 5.32 Å². The van der Waals surface area contributed by atoms with E-state index in [1.807, 2.05) is 6.92 Å². The molecule has 9 heteroatoms. The van der Waals surface area contributed by atoms with E-state index < -0.39 is 5.91 Å². The van der Waals surface area contributed by atoms with Crippen LogP contribution in [0.1, 0.15) is 25.9 Å². The molecule has 8 nitrogen and oxygen atoms in total. The van der Waals surface area contributed by atoms with Gasteiger partial charge in [0.25, 0.3) is 11.8 Å². The molecular weight excluding hydrogens is 378 g/mol. The molecule has 2 amide bonds. The van der Waals surface area contributed by atoms with Crippen LogP contribution in [0.3, 0.4) is 0 Å². The lowest BCUT2D eigenvalue weighted by molar-refractivity contribution is 0.0992. The second-order valence-electron chi connectivity index (χ2n) is 5.91. The van der Waals surface area contributed by atoms with Crippen LogP contribution in [-0.2, 0) is 0 Å². The summed E-state index contributed by atoms with van der Waals surface area (Å²) in [6.07, 6.45) is 3.21. The first-order valence-electron chi connectivity index (χ1n) is 8.30. The molecule has 0 atom stereocenters. The zero-order valence-electron chi connectivity index (χ0n) is 14.7. The Morgan fingerprint density at radius 2 is 1.96 bits per heavy atom. The van der Waals surface area contributed by atoms with Crippen LogP contribution < -0.4 is 11.1 Å². The van der Waals surface area contributed by atoms with Crippen LogP contribution in [0.4, 0.5) is 5.69 Å². The number of nitrogens with zero attached hydrogens (tertiary/aromatic N) is 3. The fourth-order valence-electron chi connectivity index (χ4n) is 2.60. The molecule has 3 N–H and O–H groups in total. The Bertz CT molecular complexity index is 1140. The number of carbonyl (C=O) groups excluding carboxylic acids is 2. The van der Waals surface area contributed by atoms with Gasteiger partial charge >= 0.3 is 0 Å². The lowest BCUT2D eigenvalue weighted by atomic mass is 10.2. The Balaban J connectivity index is 1.50. The van der Waals surface area contributed by atoms with Gasteiger partial charge in [0, 0.05) is 16.8 Å². The summed E-state index contributed by atoms with van der Waals surface area (Å²) < 4.78 is 6.87. The molecule has 3 aromatic heterocycles. The molecule has 0 saturated carbocycles. The van der Waals surface area contributed by atoms with Crippen molar-refractivity contribution in [3.8, 4) is 16.5 Å². The second-order valence-corrected chi connectivity index (χ2v) is 7.12. The van der Waals surface area contributed by atoms with Crippen LogP contribution in [0.15, 0.2) is 59.3 Å². The highest BCUT2D eigenvalue weighted by Crippen LogP contribution is 2.28. The number of primary amides is 1. The first kappa shape index (κ1) is 17.7. The Hall–Kier alpha value is -3.72. The molecule has 3 heterocycles. The van der Waals surface area contributed by atoms with Gasteiger partial charge in [-0.1, -0.05) is 0 Å². The van der Waals surface area contributed by atoms with Gasteiger partial charge in [0.05, 0.1) is 12.0 Å². The average molecular weight is 393 g/mol. The molecule has 0 aliphatic heterocycles. The number of carbonyl (C=O) groups is 2. The smallest absolute Gasteiger partial charge is 0.275 e. The Morgan fingerprint density at radius 1 is 1.18 bits per heavy atom. The lowest BCUT2D eigenvalue weighted by Gasteiger charge is -2.06. The zero-order chi connectivity index (χ0) is 19.7. The van der Waals surface area contributed by atoms with Crippen molar-refractivity contribution >= 4 is 28.8 Å². The molecule has 140 valence electrons. The SMILES string of the molecule is Cc1sc(-c2ccco2)nc1C(=O)Nc1ccc(-n2ccc(C(N)=O)n2)cc1. The third-order valence-corrected chi connectivity index (χ3v) is 4.96. The topological polar surface area (TPSA) is 116 Å². The Labute approximate surface area is 163 Å². The fraction of sp³-hybridized carbons (Fsp3) is 0.0526. The number of aryl methyl sites for hydroxylation is 1. The van der Waals surface area contributed by atoms with Gasteiger partial charge in [0.2, 0.25) is 0 Å². The van der Waals surface area contributed by atoms with E-state index in [2.05, 4.69) is 15.4 Å². The lowest BCUT2D eigenvalue weighted by Crippen LogP contribution is -2.13. The Kier molecular flexibility index (Phi) is 4.50. The third-order valence-electron chi connectivity index (χ3n) is 3.97. The van der Waals surface area contributed by atoms with Crippen molar-refractivity contribution < 1.29 is 14.0 Å². The van der Waals surface area contributed by atoms with Crippen LogP contribution in [0, 0.1) is 6.92 Å². The average Bonchev–Trinajstić information content (AvgIpc) is 3.42. The number of nitrogens with one attached hydrogen (secondary N) is 1. The van der Waals surface area contributed by atoms with Crippen molar-refractivity contribution in [2.45, 2.75) is 6.92 Å².